The van der Waals surface area contributed by atoms with Gasteiger partial charge in [0.05, 0.1) is 4.83 Å². The van der Waals surface area contributed by atoms with Gasteiger partial charge in [-0.05, 0) is 0 Å². The van der Waals surface area contributed by atoms with Crippen molar-refractivity contribution >= 4 is 33.9 Å². The lowest BCUT2D eigenvalue weighted by Crippen LogP contribution is -1.95. The molecular formula is C6H5BrN4. The van der Waals surface area contributed by atoms with Gasteiger partial charge in [-0.1, -0.05) is 15.9 Å². The number of fused-ring (bicyclic) bond motifs is 1. The van der Waals surface area contributed by atoms with Crippen LogP contribution in [-0.2, 0) is 0 Å². The van der Waals surface area contributed by atoms with Gasteiger partial charge in [-0.25, -0.2) is 9.98 Å². The quantitative estimate of drug-likeness (QED) is 0.658. The Morgan fingerprint density at radius 1 is 1.55 bits per heavy atom. The number of hydrogen-bond donors (Lipinski definition) is 1. The Labute approximate surface area is 71.7 Å². The topological polar surface area (TPSA) is 64.2 Å². The summed E-state index contributed by atoms with van der Waals surface area (Å²) in [7, 11) is 0. The van der Waals surface area contributed by atoms with E-state index in [0.717, 1.165) is 5.56 Å². The van der Waals surface area contributed by atoms with E-state index < -0.39 is 0 Å². The van der Waals surface area contributed by atoms with Crippen LogP contribution in [0.25, 0.3) is 0 Å². The van der Waals surface area contributed by atoms with Crippen molar-refractivity contribution in [3.63, 3.8) is 0 Å². The van der Waals surface area contributed by atoms with E-state index >= 15 is 0 Å². The predicted molar refractivity (Wildman–Crippen MR) is 46.3 cm³/mol. The monoisotopic (exact) mass is 212 g/mol. The number of halogens is 1. The average Bonchev–Trinajstić information content (AvgIpc) is 2.32. The molecule has 1 aliphatic heterocycles. The molecule has 0 amide bonds. The zero-order valence-electron chi connectivity index (χ0n) is 5.53. The molecule has 1 aromatic rings. The molecule has 2 heterocycles. The Morgan fingerprint density at radius 2 is 2.36 bits per heavy atom. The van der Waals surface area contributed by atoms with Crippen LogP contribution in [0.15, 0.2) is 11.2 Å². The highest BCUT2D eigenvalue weighted by atomic mass is 79.9. The number of anilines is 1. The fourth-order valence-corrected chi connectivity index (χ4v) is 1.35. The number of aromatic nitrogens is 2. The van der Waals surface area contributed by atoms with Crippen LogP contribution in [0, 0.1) is 0 Å². The third-order valence-corrected chi connectivity index (χ3v) is 2.17. The summed E-state index contributed by atoms with van der Waals surface area (Å²) in [5.74, 6) is 0.932. The first kappa shape index (κ1) is 6.72. The molecule has 2 N–H and O–H groups in total. The van der Waals surface area contributed by atoms with Gasteiger partial charge in [0.15, 0.2) is 5.82 Å². The van der Waals surface area contributed by atoms with Crippen molar-refractivity contribution in [1.82, 2.24) is 9.97 Å². The van der Waals surface area contributed by atoms with Gasteiger partial charge in [0.1, 0.15) is 0 Å². The predicted octanol–water partition coefficient (Wildman–Crippen LogP) is 1.21. The van der Waals surface area contributed by atoms with Gasteiger partial charge in [0, 0.05) is 18.0 Å². The van der Waals surface area contributed by atoms with E-state index in [1.54, 1.807) is 12.4 Å². The van der Waals surface area contributed by atoms with Crippen molar-refractivity contribution in [2.24, 2.45) is 4.99 Å². The normalized spacial score (nSPS) is 20.3. The molecule has 0 bridgehead atoms. The minimum Gasteiger partial charge on any atom is -0.368 e. The van der Waals surface area contributed by atoms with Crippen LogP contribution in [0.3, 0.4) is 0 Å². The Balaban J connectivity index is 2.58. The van der Waals surface area contributed by atoms with E-state index in [-0.39, 0.29) is 10.8 Å². The Kier molecular flexibility index (Phi) is 1.38. The van der Waals surface area contributed by atoms with E-state index in [9.17, 15) is 0 Å². The molecule has 11 heavy (non-hydrogen) atoms. The summed E-state index contributed by atoms with van der Waals surface area (Å²) in [6, 6.07) is 0. The SMILES string of the molecule is Nc1ncc2c(n1)N=C[C@H]2Br. The summed E-state index contributed by atoms with van der Waals surface area (Å²) in [6.07, 6.45) is 3.45. The van der Waals surface area contributed by atoms with Crippen molar-refractivity contribution in [3.8, 4) is 0 Å². The summed E-state index contributed by atoms with van der Waals surface area (Å²) < 4.78 is 0. The van der Waals surface area contributed by atoms with Crippen LogP contribution in [0.5, 0.6) is 0 Å². The van der Waals surface area contributed by atoms with Crippen LogP contribution in [0.4, 0.5) is 11.8 Å². The standard InChI is InChI=1S/C6H5BrN4/c7-4-2-9-5-3(4)1-10-6(8)11-5/h1-2,4H,(H2,8,10,11)/t4-/m1/s1. The Hall–Kier alpha value is -0.970. The van der Waals surface area contributed by atoms with E-state index in [1.165, 1.54) is 0 Å². The third kappa shape index (κ3) is 1.01. The number of nitrogen functional groups attached to an aromatic ring is 1. The van der Waals surface area contributed by atoms with E-state index in [1.807, 2.05) is 0 Å². The average molecular weight is 213 g/mol. The van der Waals surface area contributed by atoms with Gasteiger partial charge in [-0.2, -0.15) is 4.98 Å². The van der Waals surface area contributed by atoms with Crippen molar-refractivity contribution in [2.45, 2.75) is 4.83 Å². The Bertz CT molecular complexity index is 322. The number of alkyl halides is 1. The molecule has 1 aliphatic rings. The van der Waals surface area contributed by atoms with Crippen molar-refractivity contribution in [2.75, 3.05) is 5.73 Å². The molecule has 0 saturated carbocycles. The summed E-state index contributed by atoms with van der Waals surface area (Å²) >= 11 is 3.39. The molecule has 1 aromatic heterocycles. The lowest BCUT2D eigenvalue weighted by atomic mass is 10.3. The molecule has 56 valence electrons. The number of rotatable bonds is 0. The molecule has 0 radical (unpaired) electrons. The first-order chi connectivity index (χ1) is 5.27. The second-order valence-corrected chi connectivity index (χ2v) is 3.17. The second kappa shape index (κ2) is 2.27. The highest BCUT2D eigenvalue weighted by Gasteiger charge is 2.17. The van der Waals surface area contributed by atoms with Gasteiger partial charge < -0.3 is 5.73 Å². The molecule has 0 spiro atoms. The van der Waals surface area contributed by atoms with Gasteiger partial charge in [0.2, 0.25) is 5.95 Å². The summed E-state index contributed by atoms with van der Waals surface area (Å²) in [4.78, 5) is 12.0. The number of nitrogens with zero attached hydrogens (tertiary/aromatic N) is 3. The molecule has 4 nitrogen and oxygen atoms in total. The molecular weight excluding hydrogens is 208 g/mol. The summed E-state index contributed by atoms with van der Waals surface area (Å²) in [6.45, 7) is 0. The maximum absolute atomic E-state index is 5.36. The minimum absolute atomic E-state index is 0.137. The first-order valence-electron chi connectivity index (χ1n) is 3.08. The van der Waals surface area contributed by atoms with Gasteiger partial charge in [-0.3, -0.25) is 0 Å². The lowest BCUT2D eigenvalue weighted by molar-refractivity contribution is 1.14. The molecule has 5 heteroatoms. The lowest BCUT2D eigenvalue weighted by Gasteiger charge is -1.98. The largest absolute Gasteiger partial charge is 0.368 e. The molecule has 0 fully saturated rings. The van der Waals surface area contributed by atoms with Crippen LogP contribution in [0.2, 0.25) is 0 Å². The molecule has 0 unspecified atom stereocenters. The van der Waals surface area contributed by atoms with Gasteiger partial charge >= 0.3 is 0 Å². The fourth-order valence-electron chi connectivity index (χ4n) is 0.910. The molecule has 0 saturated heterocycles. The maximum atomic E-state index is 5.36. The number of nitrogens with two attached hydrogens (primary N) is 1. The smallest absolute Gasteiger partial charge is 0.222 e. The molecule has 0 aliphatic carbocycles. The highest BCUT2D eigenvalue weighted by Crippen LogP contribution is 2.33. The molecule has 2 rings (SSSR count). The van der Waals surface area contributed by atoms with Crippen molar-refractivity contribution < 1.29 is 0 Å². The van der Waals surface area contributed by atoms with Crippen LogP contribution >= 0.6 is 15.9 Å². The minimum atomic E-state index is 0.137. The number of aliphatic imine (C=N–C) groups is 1. The van der Waals surface area contributed by atoms with E-state index in [0.29, 0.717) is 5.82 Å². The second-order valence-electron chi connectivity index (χ2n) is 2.19. The highest BCUT2D eigenvalue weighted by molar-refractivity contribution is 9.09. The Morgan fingerprint density at radius 3 is 3.18 bits per heavy atom. The third-order valence-electron chi connectivity index (χ3n) is 1.44. The van der Waals surface area contributed by atoms with Crippen LogP contribution < -0.4 is 5.73 Å². The van der Waals surface area contributed by atoms with Crippen LogP contribution in [0.1, 0.15) is 10.4 Å². The van der Waals surface area contributed by atoms with Crippen molar-refractivity contribution in [3.05, 3.63) is 11.8 Å². The maximum Gasteiger partial charge on any atom is 0.222 e. The van der Waals surface area contributed by atoms with Crippen LogP contribution in [-0.4, -0.2) is 16.2 Å². The van der Waals surface area contributed by atoms with Gasteiger partial charge in [-0.15, -0.1) is 0 Å². The molecule has 0 aromatic carbocycles. The van der Waals surface area contributed by atoms with Gasteiger partial charge in [0.25, 0.3) is 0 Å². The van der Waals surface area contributed by atoms with E-state index in [2.05, 4.69) is 30.9 Å². The van der Waals surface area contributed by atoms with Crippen molar-refractivity contribution in [1.29, 1.82) is 0 Å². The van der Waals surface area contributed by atoms with E-state index in [4.69, 9.17) is 5.73 Å². The molecule has 1 atom stereocenters. The summed E-state index contributed by atoms with van der Waals surface area (Å²) in [5.41, 5.74) is 6.34. The first-order valence-corrected chi connectivity index (χ1v) is 3.99. The summed E-state index contributed by atoms with van der Waals surface area (Å²) in [5, 5.41) is 0. The zero-order valence-corrected chi connectivity index (χ0v) is 7.12. The fraction of sp³-hybridized carbons (Fsp3) is 0.167. The number of hydrogen-bond acceptors (Lipinski definition) is 4. The zero-order chi connectivity index (χ0) is 7.84.